The molecule has 2 aromatic carbocycles. The van der Waals surface area contributed by atoms with Crippen LogP contribution in [0.15, 0.2) is 36.4 Å². The van der Waals surface area contributed by atoms with Crippen LogP contribution in [0.1, 0.15) is 87.1 Å². The van der Waals surface area contributed by atoms with Gasteiger partial charge in [0, 0.05) is 12.1 Å². The average Bonchev–Trinajstić information content (AvgIpc) is 2.88. The number of carbonyl (C=O) groups excluding carboxylic acids is 1. The third-order valence-electron chi connectivity index (χ3n) is 8.06. The molecular weight excluding hydrogens is 460 g/mol. The van der Waals surface area contributed by atoms with E-state index in [9.17, 15) is 13.6 Å². The quantitative estimate of drug-likeness (QED) is 0.276. The fraction of sp³-hybridized carbons (Fsp3) is 0.533. The van der Waals surface area contributed by atoms with Gasteiger partial charge in [-0.2, -0.15) is 5.26 Å². The number of nitrogens with zero attached hydrogens (tertiary/aromatic N) is 1. The van der Waals surface area contributed by atoms with Crippen LogP contribution < -0.4 is 9.47 Å². The van der Waals surface area contributed by atoms with Crippen LogP contribution in [0.5, 0.6) is 11.5 Å². The lowest BCUT2D eigenvalue weighted by Crippen LogP contribution is -2.27. The van der Waals surface area contributed by atoms with E-state index in [0.717, 1.165) is 36.7 Å². The second-order valence-corrected chi connectivity index (χ2v) is 10.4. The maximum Gasteiger partial charge on any atom is 0.346 e. The third-order valence-corrected chi connectivity index (χ3v) is 8.06. The molecule has 6 heteroatoms. The van der Waals surface area contributed by atoms with E-state index < -0.39 is 17.6 Å². The first-order valence-electron chi connectivity index (χ1n) is 13.3. The number of rotatable bonds is 8. The molecule has 0 atom stereocenters. The Balaban J connectivity index is 1.23. The molecule has 2 aliphatic carbocycles. The Bertz CT molecular complexity index is 1080. The fourth-order valence-electron chi connectivity index (χ4n) is 5.96. The van der Waals surface area contributed by atoms with Gasteiger partial charge in [0.15, 0.2) is 0 Å². The van der Waals surface area contributed by atoms with Crippen molar-refractivity contribution in [2.75, 3.05) is 6.61 Å². The van der Waals surface area contributed by atoms with Gasteiger partial charge in [0.1, 0.15) is 29.2 Å². The van der Waals surface area contributed by atoms with Gasteiger partial charge in [0.05, 0.1) is 17.7 Å². The van der Waals surface area contributed by atoms with Crippen molar-refractivity contribution in [1.29, 1.82) is 5.26 Å². The van der Waals surface area contributed by atoms with Crippen LogP contribution in [0, 0.1) is 46.6 Å². The zero-order valence-electron chi connectivity index (χ0n) is 21.0. The molecule has 192 valence electrons. The first kappa shape index (κ1) is 26.1. The minimum Gasteiger partial charge on any atom is -0.493 e. The van der Waals surface area contributed by atoms with Crippen LogP contribution in [0.3, 0.4) is 0 Å². The molecule has 0 spiro atoms. The molecule has 4 nitrogen and oxygen atoms in total. The summed E-state index contributed by atoms with van der Waals surface area (Å²) >= 11 is 0. The highest BCUT2D eigenvalue weighted by molar-refractivity contribution is 5.91. The summed E-state index contributed by atoms with van der Waals surface area (Å²) in [5, 5.41) is 8.79. The zero-order valence-corrected chi connectivity index (χ0v) is 21.0. The summed E-state index contributed by atoms with van der Waals surface area (Å²) in [7, 11) is 0. The van der Waals surface area contributed by atoms with Crippen molar-refractivity contribution in [3.63, 3.8) is 0 Å². The molecule has 0 bridgehead atoms. The summed E-state index contributed by atoms with van der Waals surface area (Å²) in [6.07, 6.45) is 13.1. The number of esters is 1. The molecule has 2 aromatic rings. The fourth-order valence-corrected chi connectivity index (χ4v) is 5.96. The van der Waals surface area contributed by atoms with Gasteiger partial charge in [-0.05, 0) is 86.5 Å². The van der Waals surface area contributed by atoms with E-state index in [4.69, 9.17) is 14.7 Å². The first-order chi connectivity index (χ1) is 17.5. The Kier molecular flexibility index (Phi) is 8.96. The lowest BCUT2D eigenvalue weighted by molar-refractivity contribution is 0.0729. The molecule has 36 heavy (non-hydrogen) atoms. The Hall–Kier alpha value is -2.94. The minimum absolute atomic E-state index is 0.0965. The van der Waals surface area contributed by atoms with Crippen LogP contribution >= 0.6 is 0 Å². The van der Waals surface area contributed by atoms with E-state index in [1.54, 1.807) is 12.1 Å². The van der Waals surface area contributed by atoms with E-state index in [1.807, 2.05) is 0 Å². The Morgan fingerprint density at radius 3 is 2.08 bits per heavy atom. The number of hydrogen-bond donors (Lipinski definition) is 0. The van der Waals surface area contributed by atoms with Gasteiger partial charge in [-0.3, -0.25) is 0 Å². The Morgan fingerprint density at radius 2 is 1.50 bits per heavy atom. The summed E-state index contributed by atoms with van der Waals surface area (Å²) in [6.45, 7) is 2.83. The number of ether oxygens (including phenoxy) is 2. The molecule has 0 aliphatic heterocycles. The Labute approximate surface area is 212 Å². The van der Waals surface area contributed by atoms with Gasteiger partial charge in [-0.25, -0.2) is 13.6 Å². The summed E-state index contributed by atoms with van der Waals surface area (Å²) in [5.41, 5.74) is -0.424. The highest BCUT2D eigenvalue weighted by Crippen LogP contribution is 2.42. The van der Waals surface area contributed by atoms with Gasteiger partial charge in [-0.1, -0.05) is 32.6 Å². The van der Waals surface area contributed by atoms with Crippen molar-refractivity contribution >= 4 is 5.97 Å². The minimum atomic E-state index is -0.940. The number of hydrogen-bond acceptors (Lipinski definition) is 4. The summed E-state index contributed by atoms with van der Waals surface area (Å²) in [4.78, 5) is 12.3. The summed E-state index contributed by atoms with van der Waals surface area (Å²) < 4.78 is 39.3. The standard InChI is InChI=1S/C30H35F2NO3/c1-2-3-20-4-8-22(9-5-20)23-10-6-21(7-11-23)19-35-25-14-15-27(29(32)16-25)30(34)36-26-13-12-24(18-33)28(31)17-26/h12-17,20-23H,2-11,19H2,1H3. The van der Waals surface area contributed by atoms with Gasteiger partial charge in [0.25, 0.3) is 0 Å². The zero-order chi connectivity index (χ0) is 25.5. The van der Waals surface area contributed by atoms with Crippen molar-refractivity contribution < 1.29 is 23.0 Å². The molecule has 2 saturated carbocycles. The van der Waals surface area contributed by atoms with Crippen molar-refractivity contribution in [3.8, 4) is 17.6 Å². The molecule has 0 N–H and O–H groups in total. The van der Waals surface area contributed by atoms with Gasteiger partial charge >= 0.3 is 5.97 Å². The largest absolute Gasteiger partial charge is 0.493 e. The average molecular weight is 496 g/mol. The lowest BCUT2D eigenvalue weighted by atomic mass is 9.69. The van der Waals surface area contributed by atoms with Crippen molar-refractivity contribution in [1.82, 2.24) is 0 Å². The van der Waals surface area contributed by atoms with Gasteiger partial charge in [-0.15, -0.1) is 0 Å². The Morgan fingerprint density at radius 1 is 0.889 bits per heavy atom. The number of nitriles is 1. The predicted molar refractivity (Wildman–Crippen MR) is 134 cm³/mol. The van der Waals surface area contributed by atoms with Crippen LogP contribution in [-0.4, -0.2) is 12.6 Å². The second kappa shape index (κ2) is 12.3. The number of carbonyl (C=O) groups is 1. The number of halogens is 2. The normalized spacial score (nSPS) is 24.1. The van der Waals surface area contributed by atoms with E-state index in [1.165, 1.54) is 75.6 Å². The second-order valence-electron chi connectivity index (χ2n) is 10.4. The third kappa shape index (κ3) is 6.63. The lowest BCUT2D eigenvalue weighted by Gasteiger charge is -2.37. The maximum atomic E-state index is 14.6. The molecule has 4 rings (SSSR count). The predicted octanol–water partition coefficient (Wildman–Crippen LogP) is 7.85. The van der Waals surface area contributed by atoms with Crippen molar-refractivity contribution in [3.05, 3.63) is 59.2 Å². The molecular formula is C30H35F2NO3. The summed E-state index contributed by atoms with van der Waals surface area (Å²) in [5.74, 6) is 0.934. The van der Waals surface area contributed by atoms with E-state index in [2.05, 4.69) is 6.92 Å². The van der Waals surface area contributed by atoms with Crippen LogP contribution in [0.4, 0.5) is 8.78 Å². The SMILES string of the molecule is CCCC1CCC(C2CCC(COc3ccc(C(=O)Oc4ccc(C#N)c(F)c4)c(F)c3)CC2)CC1. The molecule has 0 aromatic heterocycles. The summed E-state index contributed by atoms with van der Waals surface area (Å²) in [6, 6.07) is 9.18. The van der Waals surface area contributed by atoms with Gasteiger partial charge in [0.2, 0.25) is 0 Å². The maximum absolute atomic E-state index is 14.6. The highest BCUT2D eigenvalue weighted by Gasteiger charge is 2.31. The molecule has 2 fully saturated rings. The molecule has 0 heterocycles. The molecule has 0 unspecified atom stereocenters. The molecule has 2 aliphatic rings. The monoisotopic (exact) mass is 495 g/mol. The van der Waals surface area contributed by atoms with Crippen LogP contribution in [0.2, 0.25) is 0 Å². The first-order valence-corrected chi connectivity index (χ1v) is 13.3. The van der Waals surface area contributed by atoms with Gasteiger partial charge < -0.3 is 9.47 Å². The number of benzene rings is 2. The molecule has 0 amide bonds. The molecule has 0 saturated heterocycles. The van der Waals surface area contributed by atoms with E-state index >= 15 is 0 Å². The topological polar surface area (TPSA) is 59.3 Å². The van der Waals surface area contributed by atoms with E-state index in [-0.39, 0.29) is 16.9 Å². The van der Waals surface area contributed by atoms with Crippen molar-refractivity contribution in [2.24, 2.45) is 23.7 Å². The highest BCUT2D eigenvalue weighted by atomic mass is 19.1. The van der Waals surface area contributed by atoms with Crippen LogP contribution in [0.25, 0.3) is 0 Å². The molecule has 0 radical (unpaired) electrons. The van der Waals surface area contributed by atoms with Crippen LogP contribution in [-0.2, 0) is 0 Å². The van der Waals surface area contributed by atoms with Crippen molar-refractivity contribution in [2.45, 2.75) is 71.1 Å². The smallest absolute Gasteiger partial charge is 0.346 e. The van der Waals surface area contributed by atoms with E-state index in [0.29, 0.717) is 18.3 Å².